The van der Waals surface area contributed by atoms with E-state index in [1.807, 2.05) is 13.8 Å². The zero-order valence-corrected chi connectivity index (χ0v) is 13.2. The van der Waals surface area contributed by atoms with E-state index < -0.39 is 15.7 Å². The quantitative estimate of drug-likeness (QED) is 0.911. The van der Waals surface area contributed by atoms with E-state index >= 15 is 0 Å². The van der Waals surface area contributed by atoms with Gasteiger partial charge in [-0.25, -0.2) is 13.4 Å². The number of primary amides is 1. The Morgan fingerprint density at radius 3 is 2.41 bits per heavy atom. The van der Waals surface area contributed by atoms with Gasteiger partial charge in [0.1, 0.15) is 0 Å². The molecule has 0 aliphatic heterocycles. The Bertz CT molecular complexity index is 797. The fourth-order valence-electron chi connectivity index (χ4n) is 2.19. The van der Waals surface area contributed by atoms with Gasteiger partial charge in [-0.2, -0.15) is 0 Å². The zero-order valence-electron chi connectivity index (χ0n) is 12.4. The number of hydrogen-bond donors (Lipinski definition) is 1. The van der Waals surface area contributed by atoms with Gasteiger partial charge in [0.25, 0.3) is 0 Å². The highest BCUT2D eigenvalue weighted by atomic mass is 32.2. The van der Waals surface area contributed by atoms with E-state index in [9.17, 15) is 13.2 Å². The number of carbonyl (C=O) groups is 1. The van der Waals surface area contributed by atoms with E-state index in [0.29, 0.717) is 17.5 Å². The topological polar surface area (TPSA) is 90.1 Å². The fourth-order valence-corrected chi connectivity index (χ4v) is 3.70. The average Bonchev–Trinajstić information content (AvgIpc) is 2.46. The fraction of sp³-hybridized carbons (Fsp3) is 0.188. The van der Waals surface area contributed by atoms with Gasteiger partial charge in [-0.05, 0) is 42.7 Å². The van der Waals surface area contributed by atoms with E-state index in [1.165, 1.54) is 12.6 Å². The van der Waals surface area contributed by atoms with Gasteiger partial charge < -0.3 is 5.73 Å². The largest absolute Gasteiger partial charge is 0.369 e. The van der Waals surface area contributed by atoms with Crippen LogP contribution in [-0.2, 0) is 21.1 Å². The third-order valence-corrected chi connectivity index (χ3v) is 5.04. The second-order valence-corrected chi connectivity index (χ2v) is 6.77. The van der Waals surface area contributed by atoms with E-state index in [4.69, 9.17) is 5.73 Å². The summed E-state index contributed by atoms with van der Waals surface area (Å²) in [4.78, 5) is 15.3. The molecule has 0 spiro atoms. The summed E-state index contributed by atoms with van der Waals surface area (Å²) in [6.45, 7) is 3.69. The molecule has 115 valence electrons. The Morgan fingerprint density at radius 2 is 1.86 bits per heavy atom. The maximum Gasteiger partial charge on any atom is 0.226 e. The molecule has 2 N–H and O–H groups in total. The van der Waals surface area contributed by atoms with Crippen LogP contribution in [0.4, 0.5) is 0 Å². The molecule has 1 aromatic carbocycles. The van der Waals surface area contributed by atoms with Crippen LogP contribution in [0.1, 0.15) is 23.6 Å². The standard InChI is InChI=1S/C16H17N2O3S/c1-3-14-12(10-15(17)19)8-9-18-16(14)22(20,21)13-6-4-11(2)5-7-13/h4-10H,3H2,1-2H3,(H2,17,19). The molecule has 1 amide bonds. The number of amides is 1. The summed E-state index contributed by atoms with van der Waals surface area (Å²) in [5.74, 6) is -0.625. The molecule has 1 heterocycles. The number of nitrogens with two attached hydrogens (primary N) is 1. The first kappa shape index (κ1) is 16.2. The van der Waals surface area contributed by atoms with Crippen LogP contribution in [-0.4, -0.2) is 19.3 Å². The highest BCUT2D eigenvalue weighted by Crippen LogP contribution is 2.25. The van der Waals surface area contributed by atoms with Crippen molar-refractivity contribution in [3.63, 3.8) is 0 Å². The third-order valence-electron chi connectivity index (χ3n) is 3.29. The molecule has 0 aliphatic rings. The van der Waals surface area contributed by atoms with Gasteiger partial charge in [-0.1, -0.05) is 24.6 Å². The average molecular weight is 317 g/mol. The number of aromatic nitrogens is 1. The van der Waals surface area contributed by atoms with Gasteiger partial charge in [0.05, 0.1) is 11.3 Å². The van der Waals surface area contributed by atoms with Crippen molar-refractivity contribution in [1.29, 1.82) is 0 Å². The minimum absolute atomic E-state index is 0.0335. The second kappa shape index (κ2) is 6.27. The number of hydrogen-bond acceptors (Lipinski definition) is 4. The number of sulfone groups is 1. The first-order valence-corrected chi connectivity index (χ1v) is 8.28. The molecule has 0 atom stereocenters. The summed E-state index contributed by atoms with van der Waals surface area (Å²) >= 11 is 0. The Balaban J connectivity index is 2.60. The smallest absolute Gasteiger partial charge is 0.226 e. The molecule has 0 bridgehead atoms. The first-order chi connectivity index (χ1) is 10.4. The lowest BCUT2D eigenvalue weighted by Gasteiger charge is -2.12. The molecule has 0 fully saturated rings. The van der Waals surface area contributed by atoms with Crippen molar-refractivity contribution < 1.29 is 13.2 Å². The van der Waals surface area contributed by atoms with Crippen LogP contribution >= 0.6 is 0 Å². The normalized spacial score (nSPS) is 11.4. The molecule has 1 aromatic heterocycles. The van der Waals surface area contributed by atoms with Crippen molar-refractivity contribution in [3.05, 3.63) is 59.6 Å². The summed E-state index contributed by atoms with van der Waals surface area (Å²) in [5.41, 5.74) is 7.11. The molecule has 2 aromatic rings. The number of pyridine rings is 1. The molecule has 0 unspecified atom stereocenters. The van der Waals surface area contributed by atoms with Crippen LogP contribution in [0.3, 0.4) is 0 Å². The molecule has 6 heteroatoms. The van der Waals surface area contributed by atoms with E-state index in [2.05, 4.69) is 4.98 Å². The van der Waals surface area contributed by atoms with Crippen LogP contribution in [0, 0.1) is 13.3 Å². The van der Waals surface area contributed by atoms with Crippen molar-refractivity contribution in [2.45, 2.75) is 30.2 Å². The lowest BCUT2D eigenvalue weighted by Crippen LogP contribution is -2.15. The molecule has 0 saturated heterocycles. The van der Waals surface area contributed by atoms with Crippen molar-refractivity contribution in [2.75, 3.05) is 0 Å². The van der Waals surface area contributed by atoms with Crippen LogP contribution < -0.4 is 5.73 Å². The Morgan fingerprint density at radius 1 is 1.23 bits per heavy atom. The summed E-state index contributed by atoms with van der Waals surface area (Å²) in [5, 5.41) is -0.0335. The Hall–Kier alpha value is -2.21. The first-order valence-electron chi connectivity index (χ1n) is 6.80. The number of nitrogens with zero attached hydrogens (tertiary/aromatic N) is 1. The summed E-state index contributed by atoms with van der Waals surface area (Å²) < 4.78 is 25.5. The highest BCUT2D eigenvalue weighted by molar-refractivity contribution is 7.91. The number of rotatable bonds is 5. The molecular formula is C16H17N2O3S. The SMILES string of the molecule is CCc1c([CH]C(N)=O)ccnc1S(=O)(=O)c1ccc(C)cc1. The minimum atomic E-state index is -3.74. The van der Waals surface area contributed by atoms with Crippen molar-refractivity contribution in [1.82, 2.24) is 4.98 Å². The van der Waals surface area contributed by atoms with Crippen molar-refractivity contribution in [2.24, 2.45) is 5.73 Å². The van der Waals surface area contributed by atoms with Gasteiger partial charge in [0.2, 0.25) is 15.7 Å². The monoisotopic (exact) mass is 317 g/mol. The predicted octanol–water partition coefficient (Wildman–Crippen LogP) is 1.82. The maximum absolute atomic E-state index is 12.8. The van der Waals surface area contributed by atoms with Crippen molar-refractivity contribution in [3.8, 4) is 0 Å². The number of benzene rings is 1. The van der Waals surface area contributed by atoms with Crippen LogP contribution in [0.25, 0.3) is 0 Å². The van der Waals surface area contributed by atoms with Crippen LogP contribution in [0.2, 0.25) is 0 Å². The predicted molar refractivity (Wildman–Crippen MR) is 82.8 cm³/mol. The van der Waals surface area contributed by atoms with Crippen molar-refractivity contribution >= 4 is 15.7 Å². The second-order valence-electron chi connectivity index (χ2n) is 4.90. The van der Waals surface area contributed by atoms with Gasteiger partial charge in [-0.3, -0.25) is 4.79 Å². The van der Waals surface area contributed by atoms with Crippen LogP contribution in [0.15, 0.2) is 46.5 Å². The molecule has 0 saturated carbocycles. The number of aryl methyl sites for hydroxylation is 1. The Kier molecular flexibility index (Phi) is 4.61. The number of carbonyl (C=O) groups excluding carboxylic acids is 1. The van der Waals surface area contributed by atoms with E-state index in [0.717, 1.165) is 5.56 Å². The molecule has 5 nitrogen and oxygen atoms in total. The zero-order chi connectivity index (χ0) is 16.3. The summed E-state index contributed by atoms with van der Waals surface area (Å²) in [6, 6.07) is 8.15. The minimum Gasteiger partial charge on any atom is -0.369 e. The molecular weight excluding hydrogens is 300 g/mol. The lowest BCUT2D eigenvalue weighted by atomic mass is 10.1. The Labute approximate surface area is 130 Å². The molecule has 2 rings (SSSR count). The molecule has 1 radical (unpaired) electrons. The van der Waals surface area contributed by atoms with E-state index in [1.54, 1.807) is 30.3 Å². The summed E-state index contributed by atoms with van der Waals surface area (Å²) in [6.07, 6.45) is 3.01. The van der Waals surface area contributed by atoms with E-state index in [-0.39, 0.29) is 9.92 Å². The summed E-state index contributed by atoms with van der Waals surface area (Å²) in [7, 11) is -3.74. The lowest BCUT2D eigenvalue weighted by molar-refractivity contribution is -0.114. The maximum atomic E-state index is 12.8. The van der Waals surface area contributed by atoms with Gasteiger partial charge >= 0.3 is 0 Å². The highest BCUT2D eigenvalue weighted by Gasteiger charge is 2.24. The molecule has 0 aliphatic carbocycles. The van der Waals surface area contributed by atoms with Gasteiger partial charge in [0.15, 0.2) is 5.03 Å². The van der Waals surface area contributed by atoms with Crippen LogP contribution in [0.5, 0.6) is 0 Å². The van der Waals surface area contributed by atoms with Gasteiger partial charge in [0, 0.05) is 6.20 Å². The van der Waals surface area contributed by atoms with Gasteiger partial charge in [-0.15, -0.1) is 0 Å². The third kappa shape index (κ3) is 3.17. The molecule has 22 heavy (non-hydrogen) atoms.